The molecule has 0 aliphatic carbocycles. The maximum absolute atomic E-state index is 12.9. The largest absolute Gasteiger partial charge is 0.472 e. The van der Waals surface area contributed by atoms with Gasteiger partial charge in [0.05, 0.1) is 18.9 Å². The molecule has 122 valence electrons. The lowest BCUT2D eigenvalue weighted by atomic mass is 10.3. The number of sulfonamides is 1. The molecule has 0 aliphatic heterocycles. The first kappa shape index (κ1) is 16.0. The Hall–Kier alpha value is -1.90. The van der Waals surface area contributed by atoms with Crippen LogP contribution >= 0.6 is 11.3 Å². The molecule has 0 saturated carbocycles. The van der Waals surface area contributed by atoms with Gasteiger partial charge in [0.15, 0.2) is 5.03 Å². The van der Waals surface area contributed by atoms with Crippen LogP contribution in [0.5, 0.6) is 0 Å². The van der Waals surface area contributed by atoms with Crippen molar-refractivity contribution in [1.29, 1.82) is 0 Å². The fourth-order valence-corrected chi connectivity index (χ4v) is 4.31. The molecule has 0 bridgehead atoms. The van der Waals surface area contributed by atoms with Crippen LogP contribution in [0.4, 0.5) is 0 Å². The molecule has 0 aliphatic rings. The van der Waals surface area contributed by atoms with E-state index in [0.29, 0.717) is 13.0 Å². The van der Waals surface area contributed by atoms with Crippen LogP contribution in [0.2, 0.25) is 0 Å². The standard InChI is InChI=1S/C15H17N3O3S2/c1-17-10-15(16-12-17)23(19,20)18(9-13-5-7-21-11-13)6-4-14-3-2-8-22-14/h2-3,5,7-8,10-12H,4,6,9H2,1H3. The summed E-state index contributed by atoms with van der Waals surface area (Å²) < 4.78 is 33.8. The maximum atomic E-state index is 12.9. The van der Waals surface area contributed by atoms with Crippen LogP contribution in [0.15, 0.2) is 58.1 Å². The smallest absolute Gasteiger partial charge is 0.262 e. The molecule has 0 aromatic carbocycles. The molecule has 23 heavy (non-hydrogen) atoms. The second-order valence-electron chi connectivity index (χ2n) is 5.18. The van der Waals surface area contributed by atoms with Crippen LogP contribution in [0, 0.1) is 0 Å². The van der Waals surface area contributed by atoms with Gasteiger partial charge in [0.1, 0.15) is 0 Å². The molecule has 0 spiro atoms. The summed E-state index contributed by atoms with van der Waals surface area (Å²) in [5.41, 5.74) is 0.815. The fraction of sp³-hybridized carbons (Fsp3) is 0.267. The molecule has 3 aromatic heterocycles. The summed E-state index contributed by atoms with van der Waals surface area (Å²) in [4.78, 5) is 5.15. The highest BCUT2D eigenvalue weighted by atomic mass is 32.2. The summed E-state index contributed by atoms with van der Waals surface area (Å²) in [6.07, 6.45) is 6.78. The lowest BCUT2D eigenvalue weighted by Crippen LogP contribution is -2.32. The number of hydrogen-bond donors (Lipinski definition) is 0. The first-order valence-electron chi connectivity index (χ1n) is 7.07. The minimum absolute atomic E-state index is 0.0645. The van der Waals surface area contributed by atoms with E-state index in [9.17, 15) is 8.42 Å². The Morgan fingerprint density at radius 3 is 2.87 bits per heavy atom. The Balaban J connectivity index is 1.84. The maximum Gasteiger partial charge on any atom is 0.262 e. The van der Waals surface area contributed by atoms with E-state index >= 15 is 0 Å². The molecule has 3 rings (SSSR count). The molecule has 6 nitrogen and oxygen atoms in total. The average molecular weight is 351 g/mol. The number of imidazole rings is 1. The Labute approximate surface area is 139 Å². The molecule has 0 radical (unpaired) electrons. The number of rotatable bonds is 7. The Kier molecular flexibility index (Phi) is 4.65. The van der Waals surface area contributed by atoms with Gasteiger partial charge in [0.25, 0.3) is 10.0 Å². The normalized spacial score (nSPS) is 12.1. The molecule has 0 amide bonds. The Morgan fingerprint density at radius 2 is 2.26 bits per heavy atom. The molecule has 3 aromatic rings. The molecule has 0 fully saturated rings. The highest BCUT2D eigenvalue weighted by Crippen LogP contribution is 2.19. The average Bonchev–Trinajstić information content (AvgIpc) is 3.25. The van der Waals surface area contributed by atoms with Crippen molar-refractivity contribution >= 4 is 21.4 Å². The summed E-state index contributed by atoms with van der Waals surface area (Å²) in [6.45, 7) is 0.658. The van der Waals surface area contributed by atoms with Crippen molar-refractivity contribution in [2.45, 2.75) is 18.0 Å². The zero-order valence-electron chi connectivity index (χ0n) is 12.6. The van der Waals surface area contributed by atoms with Crippen molar-refractivity contribution in [3.05, 3.63) is 59.1 Å². The molecular weight excluding hydrogens is 334 g/mol. The molecule has 0 N–H and O–H groups in total. The van der Waals surface area contributed by atoms with Crippen LogP contribution in [-0.2, 0) is 30.0 Å². The van der Waals surface area contributed by atoms with E-state index < -0.39 is 10.0 Å². The third-order valence-electron chi connectivity index (χ3n) is 3.41. The van der Waals surface area contributed by atoms with Crippen LogP contribution in [0.25, 0.3) is 0 Å². The quantitative estimate of drug-likeness (QED) is 0.656. The number of nitrogens with zero attached hydrogens (tertiary/aromatic N) is 3. The molecule has 0 saturated heterocycles. The number of aromatic nitrogens is 2. The van der Waals surface area contributed by atoms with Crippen LogP contribution in [-0.4, -0.2) is 28.8 Å². The van der Waals surface area contributed by atoms with Crippen molar-refractivity contribution in [3.8, 4) is 0 Å². The van der Waals surface area contributed by atoms with Gasteiger partial charge in [0, 0.05) is 36.8 Å². The van der Waals surface area contributed by atoms with E-state index in [0.717, 1.165) is 10.4 Å². The summed E-state index contributed by atoms with van der Waals surface area (Å²) >= 11 is 1.62. The Bertz CT molecular complexity index is 837. The van der Waals surface area contributed by atoms with E-state index in [2.05, 4.69) is 4.98 Å². The van der Waals surface area contributed by atoms with Crippen molar-refractivity contribution in [1.82, 2.24) is 13.9 Å². The highest BCUT2D eigenvalue weighted by Gasteiger charge is 2.27. The third kappa shape index (κ3) is 3.72. The monoisotopic (exact) mass is 351 g/mol. The van der Waals surface area contributed by atoms with Gasteiger partial charge in [-0.1, -0.05) is 6.07 Å². The van der Waals surface area contributed by atoms with Crippen molar-refractivity contribution in [2.75, 3.05) is 6.54 Å². The topological polar surface area (TPSA) is 68.3 Å². The molecule has 0 unspecified atom stereocenters. The number of aryl methyl sites for hydroxylation is 1. The predicted octanol–water partition coefficient (Wildman–Crippen LogP) is 2.51. The van der Waals surface area contributed by atoms with Gasteiger partial charge >= 0.3 is 0 Å². The lowest BCUT2D eigenvalue weighted by Gasteiger charge is -2.20. The lowest BCUT2D eigenvalue weighted by molar-refractivity contribution is 0.406. The Morgan fingerprint density at radius 1 is 1.39 bits per heavy atom. The minimum Gasteiger partial charge on any atom is -0.472 e. The minimum atomic E-state index is -3.65. The third-order valence-corrected chi connectivity index (χ3v) is 6.08. The molecular formula is C15H17N3O3S2. The van der Waals surface area contributed by atoms with Gasteiger partial charge in [-0.05, 0) is 23.9 Å². The number of furan rings is 1. The van der Waals surface area contributed by atoms with Gasteiger partial charge in [-0.2, -0.15) is 4.31 Å². The molecule has 0 atom stereocenters. The van der Waals surface area contributed by atoms with Gasteiger partial charge in [-0.3, -0.25) is 0 Å². The summed E-state index contributed by atoms with van der Waals surface area (Å²) in [7, 11) is -1.90. The fourth-order valence-electron chi connectivity index (χ4n) is 2.21. The zero-order chi connectivity index (χ0) is 16.3. The van der Waals surface area contributed by atoms with E-state index in [1.54, 1.807) is 41.5 Å². The molecule has 3 heterocycles. The van der Waals surface area contributed by atoms with Gasteiger partial charge < -0.3 is 8.98 Å². The first-order chi connectivity index (χ1) is 11.1. The van der Waals surface area contributed by atoms with Crippen LogP contribution in [0.3, 0.4) is 0 Å². The van der Waals surface area contributed by atoms with E-state index in [-0.39, 0.29) is 11.6 Å². The summed E-state index contributed by atoms with van der Waals surface area (Å²) in [5.74, 6) is 0. The van der Waals surface area contributed by atoms with E-state index in [1.807, 2.05) is 17.5 Å². The van der Waals surface area contributed by atoms with Gasteiger partial charge in [0.2, 0.25) is 0 Å². The van der Waals surface area contributed by atoms with Crippen molar-refractivity contribution < 1.29 is 12.8 Å². The number of thiophene rings is 1. The first-order valence-corrected chi connectivity index (χ1v) is 9.39. The SMILES string of the molecule is Cn1cnc(S(=O)(=O)N(CCc2cccs2)Cc2ccoc2)c1. The zero-order valence-corrected chi connectivity index (χ0v) is 14.3. The second kappa shape index (κ2) is 6.69. The molecule has 8 heteroatoms. The predicted molar refractivity (Wildman–Crippen MR) is 87.5 cm³/mol. The number of hydrogen-bond acceptors (Lipinski definition) is 5. The van der Waals surface area contributed by atoms with Crippen molar-refractivity contribution in [3.63, 3.8) is 0 Å². The second-order valence-corrected chi connectivity index (χ2v) is 8.09. The van der Waals surface area contributed by atoms with E-state index in [4.69, 9.17) is 4.42 Å². The van der Waals surface area contributed by atoms with Crippen molar-refractivity contribution in [2.24, 2.45) is 7.05 Å². The summed E-state index contributed by atoms with van der Waals surface area (Å²) in [6, 6.07) is 5.74. The van der Waals surface area contributed by atoms with Crippen LogP contribution < -0.4 is 0 Å². The van der Waals surface area contributed by atoms with Crippen LogP contribution in [0.1, 0.15) is 10.4 Å². The van der Waals surface area contributed by atoms with Gasteiger partial charge in [-0.25, -0.2) is 13.4 Å². The van der Waals surface area contributed by atoms with Gasteiger partial charge in [-0.15, -0.1) is 11.3 Å². The van der Waals surface area contributed by atoms with E-state index in [1.165, 1.54) is 16.8 Å². The highest BCUT2D eigenvalue weighted by molar-refractivity contribution is 7.89. The summed E-state index contributed by atoms with van der Waals surface area (Å²) in [5, 5.41) is 2.05.